The molecule has 2 aromatic rings. The molecule has 3 rings (SSSR count). The van der Waals surface area contributed by atoms with Gasteiger partial charge in [-0.3, -0.25) is 4.79 Å². The van der Waals surface area contributed by atoms with Gasteiger partial charge in [0.05, 0.1) is 12.0 Å². The van der Waals surface area contributed by atoms with Gasteiger partial charge in [-0.15, -0.1) is 0 Å². The van der Waals surface area contributed by atoms with Crippen molar-refractivity contribution in [2.45, 2.75) is 13.0 Å². The quantitative estimate of drug-likeness (QED) is 0.754. The molecule has 0 bridgehead atoms. The third kappa shape index (κ3) is 4.08. The van der Waals surface area contributed by atoms with Gasteiger partial charge in [0, 0.05) is 71.3 Å². The van der Waals surface area contributed by atoms with E-state index in [9.17, 15) is 4.79 Å². The van der Waals surface area contributed by atoms with Crippen molar-refractivity contribution < 1.29 is 4.79 Å². The Labute approximate surface area is 141 Å². The van der Waals surface area contributed by atoms with Crippen molar-refractivity contribution in [2.75, 3.05) is 37.6 Å². The molecule has 1 N–H and O–H groups in total. The molecule has 0 aliphatic carbocycles. The van der Waals surface area contributed by atoms with E-state index in [0.717, 1.165) is 44.4 Å². The van der Waals surface area contributed by atoms with Crippen LogP contribution < -0.4 is 10.2 Å². The molecule has 0 aromatic carbocycles. The molecule has 0 saturated carbocycles. The molecule has 0 atom stereocenters. The van der Waals surface area contributed by atoms with Crippen LogP contribution in [0.2, 0.25) is 0 Å². The van der Waals surface area contributed by atoms with E-state index in [2.05, 4.69) is 25.2 Å². The summed E-state index contributed by atoms with van der Waals surface area (Å²) < 4.78 is 1.97. The minimum atomic E-state index is 0.195. The molecule has 8 heteroatoms. The number of hydrogen-bond donors (Lipinski definition) is 1. The minimum Gasteiger partial charge on any atom is -0.339 e. The van der Waals surface area contributed by atoms with E-state index in [1.807, 2.05) is 28.8 Å². The van der Waals surface area contributed by atoms with Gasteiger partial charge >= 0.3 is 0 Å². The fourth-order valence-corrected chi connectivity index (χ4v) is 2.74. The average molecular weight is 329 g/mol. The number of piperazine rings is 1. The number of anilines is 1. The zero-order valence-corrected chi connectivity index (χ0v) is 13.9. The highest BCUT2D eigenvalue weighted by Gasteiger charge is 2.21. The first-order chi connectivity index (χ1) is 11.7. The number of nitrogens with zero attached hydrogens (tertiary/aromatic N) is 6. The number of imidazole rings is 1. The van der Waals surface area contributed by atoms with Gasteiger partial charge in [-0.1, -0.05) is 0 Å². The van der Waals surface area contributed by atoms with Gasteiger partial charge in [0.25, 0.3) is 0 Å². The number of carbonyl (C=O) groups excluding carboxylic acids is 1. The smallest absolute Gasteiger partial charge is 0.225 e. The molecule has 0 unspecified atom stereocenters. The number of aromatic nitrogens is 4. The molecule has 1 fully saturated rings. The SMILES string of the molecule is Cn1cncc1CNCCC(=O)N1CCN(c2ncccn2)CC1. The second-order valence-electron chi connectivity index (χ2n) is 5.84. The largest absolute Gasteiger partial charge is 0.339 e. The predicted molar refractivity (Wildman–Crippen MR) is 90.4 cm³/mol. The van der Waals surface area contributed by atoms with Crippen molar-refractivity contribution in [2.24, 2.45) is 7.05 Å². The van der Waals surface area contributed by atoms with Crippen LogP contribution in [-0.4, -0.2) is 63.0 Å². The fraction of sp³-hybridized carbons (Fsp3) is 0.500. The zero-order valence-electron chi connectivity index (χ0n) is 13.9. The summed E-state index contributed by atoms with van der Waals surface area (Å²) >= 11 is 0. The van der Waals surface area contributed by atoms with E-state index in [-0.39, 0.29) is 5.91 Å². The van der Waals surface area contributed by atoms with E-state index in [0.29, 0.717) is 13.0 Å². The molecular weight excluding hydrogens is 306 g/mol. The normalized spacial score (nSPS) is 14.9. The van der Waals surface area contributed by atoms with Crippen molar-refractivity contribution in [3.8, 4) is 0 Å². The molecule has 1 amide bonds. The van der Waals surface area contributed by atoms with Crippen LogP contribution in [0.15, 0.2) is 31.0 Å². The Morgan fingerprint density at radius 3 is 2.62 bits per heavy atom. The molecule has 1 saturated heterocycles. The first-order valence-electron chi connectivity index (χ1n) is 8.19. The van der Waals surface area contributed by atoms with Crippen LogP contribution in [0.1, 0.15) is 12.1 Å². The van der Waals surface area contributed by atoms with Crippen molar-refractivity contribution in [1.82, 2.24) is 29.7 Å². The standard InChI is InChI=1S/C16H23N7O/c1-21-13-18-12-14(21)11-17-6-3-15(24)22-7-9-23(10-8-22)16-19-4-2-5-20-16/h2,4-5,12-13,17H,3,6-11H2,1H3. The summed E-state index contributed by atoms with van der Waals surface area (Å²) in [6, 6.07) is 1.81. The highest BCUT2D eigenvalue weighted by Crippen LogP contribution is 2.10. The lowest BCUT2D eigenvalue weighted by Gasteiger charge is -2.34. The van der Waals surface area contributed by atoms with Gasteiger partial charge in [-0.25, -0.2) is 15.0 Å². The highest BCUT2D eigenvalue weighted by atomic mass is 16.2. The van der Waals surface area contributed by atoms with E-state index in [1.54, 1.807) is 18.7 Å². The van der Waals surface area contributed by atoms with Crippen LogP contribution in [0.25, 0.3) is 0 Å². The van der Waals surface area contributed by atoms with Crippen molar-refractivity contribution in [3.63, 3.8) is 0 Å². The van der Waals surface area contributed by atoms with Crippen LogP contribution in [0.4, 0.5) is 5.95 Å². The topological polar surface area (TPSA) is 79.2 Å². The maximum Gasteiger partial charge on any atom is 0.225 e. The van der Waals surface area contributed by atoms with Crippen LogP contribution in [-0.2, 0) is 18.4 Å². The Morgan fingerprint density at radius 1 is 1.21 bits per heavy atom. The van der Waals surface area contributed by atoms with Crippen LogP contribution in [0.3, 0.4) is 0 Å². The minimum absolute atomic E-state index is 0.195. The third-order valence-electron chi connectivity index (χ3n) is 4.21. The number of amides is 1. The van der Waals surface area contributed by atoms with Gasteiger partial charge < -0.3 is 19.7 Å². The molecule has 1 aliphatic rings. The van der Waals surface area contributed by atoms with E-state index >= 15 is 0 Å². The fourth-order valence-electron chi connectivity index (χ4n) is 2.74. The van der Waals surface area contributed by atoms with Gasteiger partial charge in [0.2, 0.25) is 11.9 Å². The summed E-state index contributed by atoms with van der Waals surface area (Å²) in [6.45, 7) is 4.39. The number of nitrogens with one attached hydrogen (secondary N) is 1. The first-order valence-corrected chi connectivity index (χ1v) is 8.19. The maximum absolute atomic E-state index is 12.3. The van der Waals surface area contributed by atoms with E-state index in [4.69, 9.17) is 0 Å². The molecule has 24 heavy (non-hydrogen) atoms. The number of hydrogen-bond acceptors (Lipinski definition) is 6. The monoisotopic (exact) mass is 329 g/mol. The summed E-state index contributed by atoms with van der Waals surface area (Å²) in [5.74, 6) is 0.934. The Hall–Kier alpha value is -2.48. The number of aryl methyl sites for hydroxylation is 1. The van der Waals surface area contributed by atoms with Crippen molar-refractivity contribution >= 4 is 11.9 Å². The molecule has 3 heterocycles. The Bertz CT molecular complexity index is 649. The van der Waals surface area contributed by atoms with Crippen molar-refractivity contribution in [1.29, 1.82) is 0 Å². The summed E-state index contributed by atoms with van der Waals surface area (Å²) in [7, 11) is 1.96. The van der Waals surface area contributed by atoms with Crippen LogP contribution in [0, 0.1) is 0 Å². The van der Waals surface area contributed by atoms with Crippen LogP contribution in [0.5, 0.6) is 0 Å². The summed E-state index contributed by atoms with van der Waals surface area (Å²) in [4.78, 5) is 28.9. The number of rotatable bonds is 6. The van der Waals surface area contributed by atoms with Crippen molar-refractivity contribution in [3.05, 3.63) is 36.7 Å². The lowest BCUT2D eigenvalue weighted by molar-refractivity contribution is -0.131. The number of carbonyl (C=O) groups is 1. The van der Waals surface area contributed by atoms with E-state index < -0.39 is 0 Å². The predicted octanol–water partition coefficient (Wildman–Crippen LogP) is 0.0386. The van der Waals surface area contributed by atoms with Gasteiger partial charge in [-0.05, 0) is 6.07 Å². The molecular formula is C16H23N7O. The molecule has 2 aromatic heterocycles. The second kappa shape index (κ2) is 7.87. The lowest BCUT2D eigenvalue weighted by atomic mass is 10.2. The molecule has 0 spiro atoms. The lowest BCUT2D eigenvalue weighted by Crippen LogP contribution is -2.49. The first kappa shape index (κ1) is 16.4. The Morgan fingerprint density at radius 2 is 1.96 bits per heavy atom. The Balaban J connectivity index is 1.37. The van der Waals surface area contributed by atoms with Gasteiger partial charge in [0.1, 0.15) is 0 Å². The van der Waals surface area contributed by atoms with Gasteiger partial charge in [-0.2, -0.15) is 0 Å². The Kier molecular flexibility index (Phi) is 5.37. The second-order valence-corrected chi connectivity index (χ2v) is 5.84. The molecule has 128 valence electrons. The summed E-state index contributed by atoms with van der Waals surface area (Å²) in [6.07, 6.45) is 7.61. The highest BCUT2D eigenvalue weighted by molar-refractivity contribution is 5.76. The molecule has 8 nitrogen and oxygen atoms in total. The van der Waals surface area contributed by atoms with Crippen LogP contribution >= 0.6 is 0 Å². The third-order valence-corrected chi connectivity index (χ3v) is 4.21. The zero-order chi connectivity index (χ0) is 16.8. The maximum atomic E-state index is 12.3. The molecule has 1 aliphatic heterocycles. The van der Waals surface area contributed by atoms with Gasteiger partial charge in [0.15, 0.2) is 0 Å². The van der Waals surface area contributed by atoms with E-state index in [1.165, 1.54) is 0 Å². The summed E-state index contributed by atoms with van der Waals surface area (Å²) in [5.41, 5.74) is 1.11. The summed E-state index contributed by atoms with van der Waals surface area (Å²) in [5, 5.41) is 3.29. The average Bonchev–Trinajstić information content (AvgIpc) is 3.04. The molecule has 0 radical (unpaired) electrons.